The van der Waals surface area contributed by atoms with Crippen LogP contribution in [0.15, 0.2) is 24.3 Å². The molecule has 1 aliphatic carbocycles. The molecule has 1 unspecified atom stereocenters. The Kier molecular flexibility index (Phi) is 5.68. The van der Waals surface area contributed by atoms with Gasteiger partial charge in [-0.25, -0.2) is 4.98 Å². The maximum absolute atomic E-state index is 11.8. The van der Waals surface area contributed by atoms with Gasteiger partial charge in [0.15, 0.2) is 0 Å². The third-order valence-electron chi connectivity index (χ3n) is 5.21. The van der Waals surface area contributed by atoms with Crippen molar-refractivity contribution >= 4 is 17.6 Å². The first-order chi connectivity index (χ1) is 12.4. The second-order valence-corrected chi connectivity index (χ2v) is 7.77. The lowest BCUT2D eigenvalue weighted by molar-refractivity contribution is -0.144. The summed E-state index contributed by atoms with van der Waals surface area (Å²) in [5.41, 5.74) is 3.44. The van der Waals surface area contributed by atoms with Crippen molar-refractivity contribution < 1.29 is 9.63 Å². The van der Waals surface area contributed by atoms with Crippen LogP contribution >= 0.6 is 11.6 Å². The van der Waals surface area contributed by atoms with Crippen molar-refractivity contribution in [1.82, 2.24) is 9.55 Å². The van der Waals surface area contributed by atoms with Crippen LogP contribution in [0.1, 0.15) is 80.7 Å². The number of aromatic nitrogens is 2. The van der Waals surface area contributed by atoms with Gasteiger partial charge in [0.2, 0.25) is 0 Å². The minimum absolute atomic E-state index is 0.0875. The molecule has 3 rings (SSSR count). The number of fused-ring (bicyclic) bond motifs is 1. The van der Waals surface area contributed by atoms with E-state index in [-0.39, 0.29) is 23.8 Å². The van der Waals surface area contributed by atoms with Gasteiger partial charge in [-0.15, -0.1) is 0 Å². The SMILES string of the molecule is CC(C)c1nc2c(n1[C@@H](C)c1ccc(Cl)cc1)C(CC(=O)ON)CCC2. The predicted octanol–water partition coefficient (Wildman–Crippen LogP) is 4.50. The number of aryl methyl sites for hydroxylation is 1. The monoisotopic (exact) mass is 375 g/mol. The Morgan fingerprint density at radius 3 is 2.65 bits per heavy atom. The van der Waals surface area contributed by atoms with Gasteiger partial charge in [0.25, 0.3) is 0 Å². The number of hydrogen-bond donors (Lipinski definition) is 1. The first kappa shape index (κ1) is 18.9. The van der Waals surface area contributed by atoms with E-state index in [0.29, 0.717) is 6.42 Å². The number of benzene rings is 1. The Bertz CT molecular complexity index is 783. The van der Waals surface area contributed by atoms with Crippen LogP contribution in [0.4, 0.5) is 0 Å². The van der Waals surface area contributed by atoms with E-state index >= 15 is 0 Å². The van der Waals surface area contributed by atoms with Gasteiger partial charge in [0, 0.05) is 22.6 Å². The molecule has 0 bridgehead atoms. The molecule has 1 aliphatic rings. The molecule has 1 aromatic heterocycles. The van der Waals surface area contributed by atoms with Crippen molar-refractivity contribution in [2.45, 2.75) is 64.3 Å². The zero-order valence-electron chi connectivity index (χ0n) is 15.5. The van der Waals surface area contributed by atoms with E-state index in [1.807, 2.05) is 12.1 Å². The zero-order chi connectivity index (χ0) is 18.8. The highest BCUT2D eigenvalue weighted by molar-refractivity contribution is 6.30. The van der Waals surface area contributed by atoms with Gasteiger partial charge < -0.3 is 9.40 Å². The van der Waals surface area contributed by atoms with E-state index in [2.05, 4.69) is 42.3 Å². The summed E-state index contributed by atoms with van der Waals surface area (Å²) in [6.45, 7) is 6.48. The smallest absolute Gasteiger partial charge is 0.325 e. The van der Waals surface area contributed by atoms with Gasteiger partial charge in [0.05, 0.1) is 18.2 Å². The van der Waals surface area contributed by atoms with Crippen LogP contribution in [-0.4, -0.2) is 15.5 Å². The maximum atomic E-state index is 11.8. The maximum Gasteiger partial charge on any atom is 0.325 e. The Hall–Kier alpha value is -1.85. The van der Waals surface area contributed by atoms with Crippen molar-refractivity contribution in [3.8, 4) is 0 Å². The molecule has 0 saturated carbocycles. The van der Waals surface area contributed by atoms with E-state index < -0.39 is 0 Å². The number of halogens is 1. The number of imidazole rings is 1. The minimum Gasteiger partial charge on any atom is -0.373 e. The fourth-order valence-electron chi connectivity index (χ4n) is 3.93. The molecule has 26 heavy (non-hydrogen) atoms. The molecule has 2 aromatic rings. The molecule has 0 saturated heterocycles. The van der Waals surface area contributed by atoms with Gasteiger partial charge in [-0.2, -0.15) is 5.90 Å². The summed E-state index contributed by atoms with van der Waals surface area (Å²) in [5.74, 6) is 6.14. The third kappa shape index (κ3) is 3.64. The Morgan fingerprint density at radius 2 is 2.04 bits per heavy atom. The molecule has 5 nitrogen and oxygen atoms in total. The summed E-state index contributed by atoms with van der Waals surface area (Å²) in [6, 6.07) is 8.03. The summed E-state index contributed by atoms with van der Waals surface area (Å²) >= 11 is 6.05. The van der Waals surface area contributed by atoms with E-state index in [1.165, 1.54) is 5.56 Å². The average molecular weight is 376 g/mol. The molecule has 1 aromatic carbocycles. The van der Waals surface area contributed by atoms with Crippen molar-refractivity contribution in [1.29, 1.82) is 0 Å². The first-order valence-corrected chi connectivity index (χ1v) is 9.56. The quantitative estimate of drug-likeness (QED) is 0.781. The Labute approximate surface area is 159 Å². The molecule has 0 fully saturated rings. The second-order valence-electron chi connectivity index (χ2n) is 7.34. The number of nitrogens with zero attached hydrogens (tertiary/aromatic N) is 2. The van der Waals surface area contributed by atoms with Crippen LogP contribution < -0.4 is 5.90 Å². The normalized spacial score (nSPS) is 17.8. The zero-order valence-corrected chi connectivity index (χ0v) is 16.3. The minimum atomic E-state index is -0.374. The molecule has 0 radical (unpaired) electrons. The van der Waals surface area contributed by atoms with E-state index in [1.54, 1.807) is 0 Å². The number of hydrogen-bond acceptors (Lipinski definition) is 4. The lowest BCUT2D eigenvalue weighted by atomic mass is 9.87. The number of carbonyl (C=O) groups excluding carboxylic acids is 1. The first-order valence-electron chi connectivity index (χ1n) is 9.18. The van der Waals surface area contributed by atoms with E-state index in [0.717, 1.165) is 41.5 Å². The van der Waals surface area contributed by atoms with Crippen LogP contribution in [0.2, 0.25) is 5.02 Å². The highest BCUT2D eigenvalue weighted by Crippen LogP contribution is 2.39. The third-order valence-corrected chi connectivity index (χ3v) is 5.46. The predicted molar refractivity (Wildman–Crippen MR) is 102 cm³/mol. The lowest BCUT2D eigenvalue weighted by Gasteiger charge is -2.28. The Morgan fingerprint density at radius 1 is 1.35 bits per heavy atom. The van der Waals surface area contributed by atoms with Crippen LogP contribution in [0.3, 0.4) is 0 Å². The van der Waals surface area contributed by atoms with Crippen LogP contribution in [-0.2, 0) is 16.1 Å². The number of rotatable bonds is 5. The van der Waals surface area contributed by atoms with E-state index in [4.69, 9.17) is 22.5 Å². The van der Waals surface area contributed by atoms with E-state index in [9.17, 15) is 4.79 Å². The summed E-state index contributed by atoms with van der Waals surface area (Å²) in [5, 5.41) is 0.723. The van der Waals surface area contributed by atoms with Crippen molar-refractivity contribution in [3.63, 3.8) is 0 Å². The molecule has 0 amide bonds. The summed E-state index contributed by atoms with van der Waals surface area (Å²) < 4.78 is 2.32. The lowest BCUT2D eigenvalue weighted by Crippen LogP contribution is -2.22. The molecular weight excluding hydrogens is 350 g/mol. The van der Waals surface area contributed by atoms with Crippen molar-refractivity contribution in [3.05, 3.63) is 52.1 Å². The van der Waals surface area contributed by atoms with Crippen LogP contribution in [0.25, 0.3) is 0 Å². The largest absolute Gasteiger partial charge is 0.373 e. The van der Waals surface area contributed by atoms with Crippen molar-refractivity contribution in [2.75, 3.05) is 0 Å². The molecule has 140 valence electrons. The highest BCUT2D eigenvalue weighted by Gasteiger charge is 2.32. The number of nitrogens with two attached hydrogens (primary N) is 1. The fraction of sp³-hybridized carbons (Fsp3) is 0.500. The molecule has 1 heterocycles. The van der Waals surface area contributed by atoms with Gasteiger partial charge in [-0.05, 0) is 43.9 Å². The molecule has 6 heteroatoms. The second kappa shape index (κ2) is 7.80. The number of carbonyl (C=O) groups is 1. The topological polar surface area (TPSA) is 70.1 Å². The molecular formula is C20H26ClN3O2. The van der Waals surface area contributed by atoms with Crippen molar-refractivity contribution in [2.24, 2.45) is 5.90 Å². The van der Waals surface area contributed by atoms with Crippen LogP contribution in [0.5, 0.6) is 0 Å². The summed E-state index contributed by atoms with van der Waals surface area (Å²) in [6.07, 6.45) is 3.21. The fourth-order valence-corrected chi connectivity index (χ4v) is 4.06. The van der Waals surface area contributed by atoms with Crippen LogP contribution in [0, 0.1) is 0 Å². The summed E-state index contributed by atoms with van der Waals surface area (Å²) in [4.78, 5) is 21.2. The molecule has 0 spiro atoms. The highest BCUT2D eigenvalue weighted by atomic mass is 35.5. The van der Waals surface area contributed by atoms with Gasteiger partial charge in [-0.3, -0.25) is 4.79 Å². The molecule has 2 N–H and O–H groups in total. The molecule has 0 aliphatic heterocycles. The average Bonchev–Trinajstić information content (AvgIpc) is 3.02. The van der Waals surface area contributed by atoms with Gasteiger partial charge >= 0.3 is 5.97 Å². The van der Waals surface area contributed by atoms with Gasteiger partial charge in [-0.1, -0.05) is 37.6 Å². The Balaban J connectivity index is 2.09. The molecule has 2 atom stereocenters. The standard InChI is InChI=1S/C20H26ClN3O2/c1-12(2)20-23-17-6-4-5-15(11-18(25)26-22)19(17)24(20)13(3)14-7-9-16(21)10-8-14/h7-10,12-13,15H,4-6,11,22H2,1-3H3/t13-,15?/m0/s1. The summed E-state index contributed by atoms with van der Waals surface area (Å²) in [7, 11) is 0. The van der Waals surface area contributed by atoms with Gasteiger partial charge in [0.1, 0.15) is 5.82 Å².